The molecule has 0 spiro atoms. The van der Waals surface area contributed by atoms with Gasteiger partial charge in [-0.3, -0.25) is 9.69 Å². The number of carbonyl (C=O) groups is 1. The van der Waals surface area contributed by atoms with Crippen LogP contribution in [0, 0.1) is 0 Å². The summed E-state index contributed by atoms with van der Waals surface area (Å²) in [5.74, 6) is 0.0131. The molecule has 0 saturated carbocycles. The van der Waals surface area contributed by atoms with Crippen LogP contribution in [0.15, 0.2) is 23.1 Å². The molecule has 0 atom stereocenters. The molecule has 3 rings (SSSR count). The van der Waals surface area contributed by atoms with E-state index >= 15 is 0 Å². The number of ether oxygens (including phenoxy) is 3. The van der Waals surface area contributed by atoms with Gasteiger partial charge in [-0.1, -0.05) is 11.6 Å². The summed E-state index contributed by atoms with van der Waals surface area (Å²) in [7, 11) is -3.63. The molecule has 9 nitrogen and oxygen atoms in total. The van der Waals surface area contributed by atoms with Gasteiger partial charge in [0.1, 0.15) is 5.75 Å². The number of benzene rings is 1. The number of rotatable bonds is 9. The summed E-state index contributed by atoms with van der Waals surface area (Å²) >= 11 is 6.19. The van der Waals surface area contributed by atoms with E-state index in [0.29, 0.717) is 32.8 Å². The summed E-state index contributed by atoms with van der Waals surface area (Å²) in [6.07, 6.45) is 0.848. The van der Waals surface area contributed by atoms with Gasteiger partial charge in [0, 0.05) is 32.7 Å². The van der Waals surface area contributed by atoms with Crippen molar-refractivity contribution in [3.8, 4) is 5.75 Å². The number of halogens is 1. The first-order valence-electron chi connectivity index (χ1n) is 10.0. The van der Waals surface area contributed by atoms with Gasteiger partial charge < -0.3 is 19.5 Å². The summed E-state index contributed by atoms with van der Waals surface area (Å²) in [4.78, 5) is 14.4. The molecule has 11 heteroatoms. The lowest BCUT2D eigenvalue weighted by atomic mass is 10.3. The van der Waals surface area contributed by atoms with Crippen LogP contribution in [0.25, 0.3) is 0 Å². The van der Waals surface area contributed by atoms with Gasteiger partial charge in [-0.15, -0.1) is 0 Å². The average Bonchev–Trinajstić information content (AvgIpc) is 2.77. The molecule has 1 N–H and O–H groups in total. The van der Waals surface area contributed by atoms with E-state index in [2.05, 4.69) is 10.2 Å². The van der Waals surface area contributed by atoms with Crippen LogP contribution in [0.2, 0.25) is 5.02 Å². The Hall–Kier alpha value is -1.43. The highest BCUT2D eigenvalue weighted by atomic mass is 35.5. The highest BCUT2D eigenvalue weighted by molar-refractivity contribution is 7.89. The Kier molecular flexibility index (Phi) is 8.72. The zero-order chi connectivity index (χ0) is 21.4. The van der Waals surface area contributed by atoms with Gasteiger partial charge in [0.2, 0.25) is 10.0 Å². The van der Waals surface area contributed by atoms with E-state index in [-0.39, 0.29) is 28.2 Å². The molecule has 2 heterocycles. The second-order valence-electron chi connectivity index (χ2n) is 7.05. The van der Waals surface area contributed by atoms with E-state index in [0.717, 1.165) is 39.3 Å². The van der Waals surface area contributed by atoms with Crippen LogP contribution in [0.1, 0.15) is 6.42 Å². The van der Waals surface area contributed by atoms with Crippen LogP contribution in [0.4, 0.5) is 0 Å². The molecular weight excluding hydrogens is 434 g/mol. The van der Waals surface area contributed by atoms with Crippen molar-refractivity contribution >= 4 is 27.5 Å². The third-order valence-electron chi connectivity index (χ3n) is 4.95. The molecule has 1 aromatic carbocycles. The van der Waals surface area contributed by atoms with E-state index in [1.54, 1.807) is 0 Å². The van der Waals surface area contributed by atoms with Crippen molar-refractivity contribution in [1.82, 2.24) is 14.5 Å². The number of amides is 1. The lowest BCUT2D eigenvalue weighted by Crippen LogP contribution is -2.40. The Morgan fingerprint density at radius 1 is 1.10 bits per heavy atom. The second-order valence-corrected chi connectivity index (χ2v) is 9.40. The minimum absolute atomic E-state index is 0.0920. The fourth-order valence-corrected chi connectivity index (χ4v) is 4.98. The molecule has 1 aromatic rings. The summed E-state index contributed by atoms with van der Waals surface area (Å²) in [6.45, 7) is 6.01. The lowest BCUT2D eigenvalue weighted by molar-refractivity contribution is -0.123. The molecule has 0 bridgehead atoms. The minimum Gasteiger partial charge on any atom is -0.482 e. The molecule has 30 heavy (non-hydrogen) atoms. The number of morpholine rings is 2. The molecule has 0 aromatic heterocycles. The predicted molar refractivity (Wildman–Crippen MR) is 111 cm³/mol. The Labute approximate surface area is 182 Å². The highest BCUT2D eigenvalue weighted by Crippen LogP contribution is 2.29. The quantitative estimate of drug-likeness (QED) is 0.537. The third kappa shape index (κ3) is 6.53. The number of hydrogen-bond acceptors (Lipinski definition) is 7. The maximum Gasteiger partial charge on any atom is 0.257 e. The molecule has 2 aliphatic rings. The maximum absolute atomic E-state index is 12.7. The number of nitrogens with zero attached hydrogens (tertiary/aromatic N) is 2. The van der Waals surface area contributed by atoms with Crippen LogP contribution < -0.4 is 10.1 Å². The highest BCUT2D eigenvalue weighted by Gasteiger charge is 2.27. The first-order chi connectivity index (χ1) is 14.5. The predicted octanol–water partition coefficient (Wildman–Crippen LogP) is 0.578. The fraction of sp³-hybridized carbons (Fsp3) is 0.632. The van der Waals surface area contributed by atoms with Crippen LogP contribution >= 0.6 is 11.6 Å². The first-order valence-corrected chi connectivity index (χ1v) is 11.9. The Morgan fingerprint density at radius 3 is 2.43 bits per heavy atom. The average molecular weight is 462 g/mol. The zero-order valence-corrected chi connectivity index (χ0v) is 18.4. The topological polar surface area (TPSA) is 97.4 Å². The van der Waals surface area contributed by atoms with E-state index in [4.69, 9.17) is 25.8 Å². The van der Waals surface area contributed by atoms with Gasteiger partial charge in [-0.2, -0.15) is 4.31 Å². The van der Waals surface area contributed by atoms with Crippen molar-refractivity contribution in [2.24, 2.45) is 0 Å². The maximum atomic E-state index is 12.7. The molecule has 0 radical (unpaired) electrons. The van der Waals surface area contributed by atoms with Crippen molar-refractivity contribution in [3.63, 3.8) is 0 Å². The van der Waals surface area contributed by atoms with Crippen molar-refractivity contribution < 1.29 is 27.4 Å². The zero-order valence-electron chi connectivity index (χ0n) is 16.8. The van der Waals surface area contributed by atoms with Gasteiger partial charge >= 0.3 is 0 Å². The number of hydrogen-bond donors (Lipinski definition) is 1. The number of sulfonamides is 1. The Bertz CT molecular complexity index is 810. The SMILES string of the molecule is O=C(COc1ccc(S(=O)(=O)N2CCOCC2)cc1Cl)NCCCN1CCOCC1. The first kappa shape index (κ1) is 23.2. The summed E-state index contributed by atoms with van der Waals surface area (Å²) < 4.78 is 42.7. The number of carbonyl (C=O) groups excluding carboxylic acids is 1. The lowest BCUT2D eigenvalue weighted by Gasteiger charge is -2.26. The molecule has 0 aliphatic carbocycles. The van der Waals surface area contributed by atoms with Crippen molar-refractivity contribution in [3.05, 3.63) is 23.2 Å². The molecule has 2 saturated heterocycles. The summed E-state index contributed by atoms with van der Waals surface area (Å²) in [5.41, 5.74) is 0. The van der Waals surface area contributed by atoms with Crippen molar-refractivity contribution in [2.75, 3.05) is 72.3 Å². The number of nitrogens with one attached hydrogen (secondary N) is 1. The normalized spacial score (nSPS) is 18.8. The third-order valence-corrected chi connectivity index (χ3v) is 7.14. The smallest absolute Gasteiger partial charge is 0.257 e. The van der Waals surface area contributed by atoms with Gasteiger partial charge in [-0.05, 0) is 31.2 Å². The fourth-order valence-electron chi connectivity index (χ4n) is 3.24. The van der Waals surface area contributed by atoms with Crippen LogP contribution in [0.3, 0.4) is 0 Å². The molecular formula is C19H28ClN3O6S. The van der Waals surface area contributed by atoms with Crippen molar-refractivity contribution in [2.45, 2.75) is 11.3 Å². The molecule has 1 amide bonds. The summed E-state index contributed by atoms with van der Waals surface area (Å²) in [6, 6.07) is 4.26. The van der Waals surface area contributed by atoms with E-state index in [9.17, 15) is 13.2 Å². The van der Waals surface area contributed by atoms with E-state index in [1.807, 2.05) is 0 Å². The Morgan fingerprint density at radius 2 is 1.77 bits per heavy atom. The molecule has 168 valence electrons. The summed E-state index contributed by atoms with van der Waals surface area (Å²) in [5, 5.41) is 2.95. The van der Waals surface area contributed by atoms with E-state index in [1.165, 1.54) is 22.5 Å². The molecule has 2 fully saturated rings. The minimum atomic E-state index is -3.63. The molecule has 0 unspecified atom stereocenters. The second kappa shape index (κ2) is 11.3. The van der Waals surface area contributed by atoms with Gasteiger partial charge in [0.25, 0.3) is 5.91 Å². The van der Waals surface area contributed by atoms with Crippen LogP contribution in [0.5, 0.6) is 5.75 Å². The van der Waals surface area contributed by atoms with Gasteiger partial charge in [0.15, 0.2) is 6.61 Å². The standard InChI is InChI=1S/C19H28ClN3O6S/c20-17-14-16(30(25,26)23-8-12-28-13-9-23)2-3-18(17)29-15-19(24)21-4-1-5-22-6-10-27-11-7-22/h2-3,14H,1,4-13,15H2,(H,21,24). The Balaban J connectivity index is 1.43. The van der Waals surface area contributed by atoms with Crippen LogP contribution in [-0.2, 0) is 24.3 Å². The van der Waals surface area contributed by atoms with Crippen LogP contribution in [-0.4, -0.2) is 95.8 Å². The van der Waals surface area contributed by atoms with Gasteiger partial charge in [0.05, 0.1) is 36.3 Å². The van der Waals surface area contributed by atoms with Gasteiger partial charge in [-0.25, -0.2) is 8.42 Å². The van der Waals surface area contributed by atoms with Crippen molar-refractivity contribution in [1.29, 1.82) is 0 Å². The monoisotopic (exact) mass is 461 g/mol. The van der Waals surface area contributed by atoms with E-state index < -0.39 is 10.0 Å². The largest absolute Gasteiger partial charge is 0.482 e. The molecule has 2 aliphatic heterocycles.